The monoisotopic (exact) mass is 616 g/mol. The molecule has 0 aliphatic heterocycles. The van der Waals surface area contributed by atoms with Gasteiger partial charge in [-0.25, -0.2) is 0 Å². The Morgan fingerprint density at radius 1 is 1.10 bits per heavy atom. The zero-order chi connectivity index (χ0) is 30.9. The molecule has 14 heteroatoms. The number of rotatable bonds is 7. The van der Waals surface area contributed by atoms with E-state index in [0.29, 0.717) is 44.9 Å². The van der Waals surface area contributed by atoms with Crippen LogP contribution < -0.4 is 0 Å². The minimum atomic E-state index is -6.53. The molecule has 0 aromatic carbocycles. The van der Waals surface area contributed by atoms with E-state index in [1.807, 2.05) is 6.92 Å². The summed E-state index contributed by atoms with van der Waals surface area (Å²) >= 11 is 0. The average molecular weight is 617 g/mol. The molecule has 234 valence electrons. The Balaban J connectivity index is 1.47. The summed E-state index contributed by atoms with van der Waals surface area (Å²) in [7, 11) is -6.53. The predicted octanol–water partition coefficient (Wildman–Crippen LogP) is 4.74. The van der Waals surface area contributed by atoms with Gasteiger partial charge in [0.05, 0.1) is 6.10 Å². The Morgan fingerprint density at radius 2 is 1.73 bits per heavy atom. The van der Waals surface area contributed by atoms with Gasteiger partial charge in [0.25, 0.3) is 6.10 Å². The molecule has 0 radical (unpaired) electrons. The number of aliphatic hydroxyl groups excluding tert-OH is 1. The zero-order valence-electron chi connectivity index (χ0n) is 23.1. The number of Topliss-reactive ketones (excluding diaryl/α,β-unsaturated/α-hetero) is 2. The molecule has 10 unspecified atom stereocenters. The number of fused-ring (bicyclic) bond motifs is 5. The first-order valence-electron chi connectivity index (χ1n) is 14.0. The maximum absolute atomic E-state index is 13.8. The fourth-order valence-corrected chi connectivity index (χ4v) is 9.31. The second-order valence-corrected chi connectivity index (χ2v) is 14.6. The molecule has 0 amide bonds. The number of ketones is 2. The Bertz CT molecular complexity index is 1190. The van der Waals surface area contributed by atoms with Crippen molar-refractivity contribution in [3.63, 3.8) is 0 Å². The number of ether oxygens (including phenoxy) is 1. The lowest BCUT2D eigenvalue weighted by atomic mass is 9.43. The van der Waals surface area contributed by atoms with Crippen LogP contribution in [0.15, 0.2) is 0 Å². The Hall–Kier alpha value is -1.67. The van der Waals surface area contributed by atoms with Crippen LogP contribution in [0.1, 0.15) is 78.6 Å². The first kappa shape index (κ1) is 32.2. The van der Waals surface area contributed by atoms with Crippen molar-refractivity contribution in [2.24, 2.45) is 46.3 Å². The van der Waals surface area contributed by atoms with Crippen LogP contribution in [0.25, 0.3) is 0 Å². The molecule has 0 spiro atoms. The van der Waals surface area contributed by atoms with Crippen LogP contribution in [-0.2, 0) is 29.2 Å². The van der Waals surface area contributed by atoms with Gasteiger partial charge in [0.1, 0.15) is 11.6 Å². The summed E-state index contributed by atoms with van der Waals surface area (Å²) in [6.45, 7) is 5.73. The molecular formula is C27H37F5O8S. The molecule has 0 heterocycles. The maximum atomic E-state index is 13.8. The summed E-state index contributed by atoms with van der Waals surface area (Å²) in [6.07, 6.45) is -8.62. The molecule has 4 aliphatic carbocycles. The van der Waals surface area contributed by atoms with Crippen molar-refractivity contribution in [2.45, 2.75) is 102 Å². The molecule has 8 nitrogen and oxygen atoms in total. The summed E-state index contributed by atoms with van der Waals surface area (Å²) in [6, 6.07) is 0. The van der Waals surface area contributed by atoms with Gasteiger partial charge in [-0.3, -0.25) is 18.9 Å². The third kappa shape index (κ3) is 5.34. The van der Waals surface area contributed by atoms with Crippen molar-refractivity contribution in [1.29, 1.82) is 0 Å². The number of hydrogen-bond acceptors (Lipinski definition) is 7. The molecule has 4 saturated carbocycles. The van der Waals surface area contributed by atoms with Gasteiger partial charge in [0.15, 0.2) is 0 Å². The predicted molar refractivity (Wildman–Crippen MR) is 133 cm³/mol. The smallest absolute Gasteiger partial charge is 0.432 e. The van der Waals surface area contributed by atoms with Gasteiger partial charge in [-0.1, -0.05) is 20.8 Å². The normalized spacial score (nSPS) is 39.4. The lowest BCUT2D eigenvalue weighted by Gasteiger charge is -2.61. The van der Waals surface area contributed by atoms with Crippen molar-refractivity contribution < 1.29 is 59.1 Å². The van der Waals surface area contributed by atoms with Crippen LogP contribution in [0, 0.1) is 46.3 Å². The molecule has 2 N–H and O–H groups in total. The van der Waals surface area contributed by atoms with Crippen LogP contribution in [0.5, 0.6) is 0 Å². The van der Waals surface area contributed by atoms with E-state index in [9.17, 15) is 49.9 Å². The number of aliphatic hydroxyl groups is 1. The van der Waals surface area contributed by atoms with Crippen LogP contribution in [0.3, 0.4) is 0 Å². The summed E-state index contributed by atoms with van der Waals surface area (Å²) < 4.78 is 101. The van der Waals surface area contributed by atoms with E-state index in [4.69, 9.17) is 4.55 Å². The summed E-state index contributed by atoms with van der Waals surface area (Å²) in [5, 5.41) is 5.74. The van der Waals surface area contributed by atoms with Crippen molar-refractivity contribution in [2.75, 3.05) is 0 Å². The number of alkyl halides is 5. The molecule has 0 saturated heterocycles. The molecule has 41 heavy (non-hydrogen) atoms. The minimum absolute atomic E-state index is 0.0510. The fraction of sp³-hybridized carbons (Fsp3) is 0.889. The van der Waals surface area contributed by atoms with E-state index < -0.39 is 51.6 Å². The van der Waals surface area contributed by atoms with E-state index in [-0.39, 0.29) is 58.9 Å². The summed E-state index contributed by atoms with van der Waals surface area (Å²) in [5.74, 6) is -2.68. The van der Waals surface area contributed by atoms with Crippen LogP contribution >= 0.6 is 0 Å². The second-order valence-electron chi connectivity index (χ2n) is 13.1. The molecule has 10 atom stereocenters. The van der Waals surface area contributed by atoms with Crippen LogP contribution in [-0.4, -0.2) is 59.3 Å². The number of esters is 1. The van der Waals surface area contributed by atoms with Crippen LogP contribution in [0.2, 0.25) is 0 Å². The standard InChI is InChI=1S/C27H37F5O8S/c1-13(4-7-21(36)40-23(26(28,29)30)27(31,32)41(37,38)39)16-5-6-17-22-18(12-20(35)25(16,17)3)24(2)9-8-15(33)10-14(24)11-19(22)34/h13-14,16-18,20,22-23,35H,4-12H2,1-3H3,(H,37,38,39). The highest BCUT2D eigenvalue weighted by atomic mass is 32.2. The average Bonchev–Trinajstić information content (AvgIpc) is 3.19. The summed E-state index contributed by atoms with van der Waals surface area (Å²) in [5.41, 5.74) is -0.984. The van der Waals surface area contributed by atoms with E-state index in [1.165, 1.54) is 0 Å². The second kappa shape index (κ2) is 10.5. The van der Waals surface area contributed by atoms with Gasteiger partial charge < -0.3 is 9.84 Å². The number of hydrogen-bond donors (Lipinski definition) is 2. The van der Waals surface area contributed by atoms with Gasteiger partial charge in [0, 0.05) is 37.0 Å². The number of halogens is 5. The van der Waals surface area contributed by atoms with Gasteiger partial charge in [-0.2, -0.15) is 30.4 Å². The molecule has 4 fully saturated rings. The molecule has 4 rings (SSSR count). The van der Waals surface area contributed by atoms with E-state index in [1.54, 1.807) is 6.92 Å². The van der Waals surface area contributed by atoms with E-state index in [2.05, 4.69) is 11.7 Å². The highest BCUT2D eigenvalue weighted by Gasteiger charge is 2.67. The first-order valence-corrected chi connectivity index (χ1v) is 15.4. The largest absolute Gasteiger partial charge is 0.445 e. The van der Waals surface area contributed by atoms with Gasteiger partial charge in [-0.15, -0.1) is 0 Å². The van der Waals surface area contributed by atoms with Gasteiger partial charge in [-0.05, 0) is 67.1 Å². The first-order chi connectivity index (χ1) is 18.7. The van der Waals surface area contributed by atoms with Gasteiger partial charge >= 0.3 is 27.5 Å². The summed E-state index contributed by atoms with van der Waals surface area (Å²) in [4.78, 5) is 37.8. The lowest BCUT2D eigenvalue weighted by molar-refractivity contribution is -0.259. The molecule has 0 bridgehead atoms. The molecule has 4 aliphatic rings. The number of carbonyl (C=O) groups excluding carboxylic acids is 3. The lowest BCUT2D eigenvalue weighted by Crippen LogP contribution is -2.61. The molecular weight excluding hydrogens is 579 g/mol. The highest BCUT2D eigenvalue weighted by Crippen LogP contribution is 2.67. The Morgan fingerprint density at radius 3 is 2.32 bits per heavy atom. The van der Waals surface area contributed by atoms with Gasteiger partial charge in [0.2, 0.25) is 0 Å². The topological polar surface area (TPSA) is 135 Å². The fourth-order valence-electron chi connectivity index (χ4n) is 8.86. The highest BCUT2D eigenvalue weighted by molar-refractivity contribution is 7.86. The Labute approximate surface area is 235 Å². The van der Waals surface area contributed by atoms with Crippen molar-refractivity contribution in [1.82, 2.24) is 0 Å². The van der Waals surface area contributed by atoms with Crippen molar-refractivity contribution in [3.8, 4) is 0 Å². The quantitative estimate of drug-likeness (QED) is 0.238. The minimum Gasteiger partial charge on any atom is -0.445 e. The van der Waals surface area contributed by atoms with E-state index >= 15 is 0 Å². The van der Waals surface area contributed by atoms with Crippen molar-refractivity contribution >= 4 is 27.7 Å². The number of carbonyl (C=O) groups is 3. The SMILES string of the molecule is CC(CCC(=O)OC(C(F)(F)F)C(F)(F)S(=O)(=O)O)C1CCC2C3C(=O)CC4CC(=O)CCC4(C)C3CC(O)C12C. The van der Waals surface area contributed by atoms with Crippen LogP contribution in [0.4, 0.5) is 22.0 Å². The molecule has 0 aromatic rings. The third-order valence-electron chi connectivity index (χ3n) is 11.2. The maximum Gasteiger partial charge on any atom is 0.432 e. The van der Waals surface area contributed by atoms with Crippen molar-refractivity contribution in [3.05, 3.63) is 0 Å². The molecule has 0 aromatic heterocycles. The van der Waals surface area contributed by atoms with E-state index in [0.717, 1.165) is 0 Å². The Kier molecular flexibility index (Phi) is 8.26. The zero-order valence-corrected chi connectivity index (χ0v) is 23.9. The third-order valence-corrected chi connectivity index (χ3v) is 12.1.